The number of anilines is 1. The van der Waals surface area contributed by atoms with E-state index >= 15 is 0 Å². The minimum atomic E-state index is -0.717. The average molecular weight is 376 g/mol. The lowest BCUT2D eigenvalue weighted by atomic mass is 9.96. The van der Waals surface area contributed by atoms with Gasteiger partial charge in [0.25, 0.3) is 0 Å². The normalized spacial score (nSPS) is 15.5. The number of pyridine rings is 1. The molecule has 1 aromatic carbocycles. The van der Waals surface area contributed by atoms with Crippen LogP contribution in [0.5, 0.6) is 0 Å². The maximum Gasteiger partial charge on any atom is 0.313 e. The Labute approximate surface area is 162 Å². The molecule has 0 saturated carbocycles. The highest BCUT2D eigenvalue weighted by Crippen LogP contribution is 2.16. The second-order valence-corrected chi connectivity index (χ2v) is 6.59. The number of benzene rings is 1. The smallest absolute Gasteiger partial charge is 0.313 e. The minimum Gasteiger partial charge on any atom is -0.346 e. The van der Waals surface area contributed by atoms with Crippen molar-refractivity contribution >= 4 is 17.5 Å². The second-order valence-electron chi connectivity index (χ2n) is 6.59. The molecule has 2 aromatic heterocycles. The lowest BCUT2D eigenvalue weighted by Crippen LogP contribution is -2.46. The quantitative estimate of drug-likeness (QED) is 0.591. The number of hydrogen-bond donors (Lipinski definition) is 3. The van der Waals surface area contributed by atoms with Crippen molar-refractivity contribution in [2.24, 2.45) is 0 Å². The van der Waals surface area contributed by atoms with Crippen molar-refractivity contribution in [2.75, 3.05) is 11.9 Å². The maximum atomic E-state index is 12.1. The molecule has 0 aliphatic carbocycles. The van der Waals surface area contributed by atoms with Gasteiger partial charge in [0.1, 0.15) is 0 Å². The van der Waals surface area contributed by atoms with Gasteiger partial charge in [-0.25, -0.2) is 4.68 Å². The van der Waals surface area contributed by atoms with Gasteiger partial charge < -0.3 is 16.0 Å². The molecule has 1 aliphatic rings. The van der Waals surface area contributed by atoms with Crippen LogP contribution in [0.25, 0.3) is 5.69 Å². The lowest BCUT2D eigenvalue weighted by molar-refractivity contribution is -0.136. The van der Waals surface area contributed by atoms with E-state index in [9.17, 15) is 9.59 Å². The average Bonchev–Trinajstić information content (AvgIpc) is 3.21. The van der Waals surface area contributed by atoms with Crippen LogP contribution >= 0.6 is 0 Å². The molecule has 142 valence electrons. The van der Waals surface area contributed by atoms with Gasteiger partial charge in [-0.05, 0) is 29.7 Å². The summed E-state index contributed by atoms with van der Waals surface area (Å²) in [4.78, 5) is 28.2. The third-order valence-electron chi connectivity index (χ3n) is 4.65. The van der Waals surface area contributed by atoms with E-state index in [0.29, 0.717) is 12.2 Å². The Hall–Kier alpha value is -3.52. The molecule has 3 heterocycles. The van der Waals surface area contributed by atoms with Crippen LogP contribution in [-0.4, -0.2) is 39.2 Å². The Morgan fingerprint density at radius 2 is 1.89 bits per heavy atom. The van der Waals surface area contributed by atoms with E-state index in [0.717, 1.165) is 18.7 Å². The van der Waals surface area contributed by atoms with Crippen LogP contribution in [0.3, 0.4) is 0 Å². The summed E-state index contributed by atoms with van der Waals surface area (Å²) in [6, 6.07) is 11.9. The molecule has 28 heavy (non-hydrogen) atoms. The Kier molecular flexibility index (Phi) is 5.11. The van der Waals surface area contributed by atoms with E-state index in [1.807, 2.05) is 12.1 Å². The summed E-state index contributed by atoms with van der Waals surface area (Å²) in [6.45, 7) is 1.15. The summed E-state index contributed by atoms with van der Waals surface area (Å²) in [5, 5.41) is 12.8. The number of aromatic nitrogens is 3. The van der Waals surface area contributed by atoms with Gasteiger partial charge in [0, 0.05) is 31.5 Å². The summed E-state index contributed by atoms with van der Waals surface area (Å²) in [7, 11) is 0. The lowest BCUT2D eigenvalue weighted by Gasteiger charge is -2.26. The number of carbonyl (C=O) groups is 2. The molecule has 0 saturated heterocycles. The first-order chi connectivity index (χ1) is 13.7. The van der Waals surface area contributed by atoms with Crippen LogP contribution in [0.1, 0.15) is 11.1 Å². The first-order valence-corrected chi connectivity index (χ1v) is 9.03. The zero-order valence-corrected chi connectivity index (χ0v) is 15.1. The van der Waals surface area contributed by atoms with E-state index in [1.165, 1.54) is 17.3 Å². The van der Waals surface area contributed by atoms with Crippen molar-refractivity contribution in [3.8, 4) is 5.69 Å². The Morgan fingerprint density at radius 3 is 2.71 bits per heavy atom. The fourth-order valence-corrected chi connectivity index (χ4v) is 3.17. The third kappa shape index (κ3) is 4.07. The molecule has 8 nitrogen and oxygen atoms in total. The van der Waals surface area contributed by atoms with Crippen molar-refractivity contribution in [3.63, 3.8) is 0 Å². The molecule has 2 amide bonds. The van der Waals surface area contributed by atoms with Crippen LogP contribution in [0, 0.1) is 0 Å². The van der Waals surface area contributed by atoms with E-state index in [4.69, 9.17) is 0 Å². The number of nitrogens with zero attached hydrogens (tertiary/aromatic N) is 3. The number of amides is 2. The van der Waals surface area contributed by atoms with Gasteiger partial charge in [0.05, 0.1) is 23.8 Å². The molecule has 3 N–H and O–H groups in total. The maximum absolute atomic E-state index is 12.1. The fraction of sp³-hybridized carbons (Fsp3) is 0.200. The van der Waals surface area contributed by atoms with Crippen molar-refractivity contribution < 1.29 is 9.59 Å². The van der Waals surface area contributed by atoms with Crippen LogP contribution in [-0.2, 0) is 22.6 Å². The van der Waals surface area contributed by atoms with Gasteiger partial charge in [-0.1, -0.05) is 24.3 Å². The zero-order valence-electron chi connectivity index (χ0n) is 15.1. The summed E-state index contributed by atoms with van der Waals surface area (Å²) in [5.74, 6) is -1.39. The van der Waals surface area contributed by atoms with Gasteiger partial charge in [0.2, 0.25) is 0 Å². The van der Waals surface area contributed by atoms with Gasteiger partial charge in [-0.15, -0.1) is 0 Å². The van der Waals surface area contributed by atoms with Gasteiger partial charge >= 0.3 is 11.8 Å². The highest BCUT2D eigenvalue weighted by molar-refractivity contribution is 6.39. The topological polar surface area (TPSA) is 101 Å². The van der Waals surface area contributed by atoms with Crippen LogP contribution < -0.4 is 16.0 Å². The number of nitrogens with one attached hydrogen (secondary N) is 3. The molecule has 0 radical (unpaired) electrons. The molecular formula is C20H20N6O2. The molecule has 0 spiro atoms. The summed E-state index contributed by atoms with van der Waals surface area (Å²) >= 11 is 0. The molecule has 1 atom stereocenters. The van der Waals surface area contributed by atoms with Gasteiger partial charge in [0.15, 0.2) is 0 Å². The highest BCUT2D eigenvalue weighted by Gasteiger charge is 2.20. The first-order valence-electron chi connectivity index (χ1n) is 9.03. The van der Waals surface area contributed by atoms with Crippen molar-refractivity contribution in [1.82, 2.24) is 25.4 Å². The molecule has 0 bridgehead atoms. The third-order valence-corrected chi connectivity index (χ3v) is 4.65. The highest BCUT2D eigenvalue weighted by atomic mass is 16.2. The summed E-state index contributed by atoms with van der Waals surface area (Å²) < 4.78 is 1.60. The molecule has 1 unspecified atom stereocenters. The predicted molar refractivity (Wildman–Crippen MR) is 104 cm³/mol. The molecule has 8 heteroatoms. The molecule has 4 rings (SSSR count). The zero-order chi connectivity index (χ0) is 19.3. The van der Waals surface area contributed by atoms with Crippen LogP contribution in [0.15, 0.2) is 61.2 Å². The Bertz CT molecular complexity index is 985. The minimum absolute atomic E-state index is 0.0982. The monoisotopic (exact) mass is 376 g/mol. The SMILES string of the molecule is O=C(NCC1Cc2ccccc2CN1)C(=O)Nc1cnn(-c2ccncc2)c1. The van der Waals surface area contributed by atoms with Crippen molar-refractivity contribution in [2.45, 2.75) is 19.0 Å². The number of hydrogen-bond acceptors (Lipinski definition) is 5. The van der Waals surface area contributed by atoms with Crippen LogP contribution in [0.4, 0.5) is 5.69 Å². The van der Waals surface area contributed by atoms with Crippen molar-refractivity contribution in [1.29, 1.82) is 0 Å². The van der Waals surface area contributed by atoms with E-state index in [2.05, 4.69) is 38.2 Å². The second kappa shape index (κ2) is 8.01. The number of fused-ring (bicyclic) bond motifs is 1. The Morgan fingerprint density at radius 1 is 1.11 bits per heavy atom. The predicted octanol–water partition coefficient (Wildman–Crippen LogP) is 1.04. The number of carbonyl (C=O) groups excluding carboxylic acids is 2. The van der Waals surface area contributed by atoms with E-state index in [1.54, 1.807) is 35.4 Å². The van der Waals surface area contributed by atoms with Crippen LogP contribution in [0.2, 0.25) is 0 Å². The summed E-state index contributed by atoms with van der Waals surface area (Å²) in [6.07, 6.45) is 7.25. The Balaban J connectivity index is 1.29. The molecule has 1 aliphatic heterocycles. The standard InChI is InChI=1S/C20H20N6O2/c27-19(23-11-16-9-14-3-1-2-4-15(14)10-22-16)20(28)25-17-12-24-26(13-17)18-5-7-21-8-6-18/h1-8,12-13,16,22H,9-11H2,(H,23,27)(H,25,28). The summed E-state index contributed by atoms with van der Waals surface area (Å²) in [5.41, 5.74) is 3.80. The first kappa shape index (κ1) is 17.9. The fourth-order valence-electron chi connectivity index (χ4n) is 3.17. The van der Waals surface area contributed by atoms with Gasteiger partial charge in [-0.2, -0.15) is 5.10 Å². The molecular weight excluding hydrogens is 356 g/mol. The van der Waals surface area contributed by atoms with E-state index in [-0.39, 0.29) is 6.04 Å². The van der Waals surface area contributed by atoms with E-state index < -0.39 is 11.8 Å². The molecule has 0 fully saturated rings. The largest absolute Gasteiger partial charge is 0.346 e. The van der Waals surface area contributed by atoms with Gasteiger partial charge in [-0.3, -0.25) is 14.6 Å². The number of rotatable bonds is 4. The molecule has 3 aromatic rings. The van der Waals surface area contributed by atoms with Crippen molar-refractivity contribution in [3.05, 3.63) is 72.3 Å².